The first-order chi connectivity index (χ1) is 22.3. The van der Waals surface area contributed by atoms with Gasteiger partial charge in [-0.25, -0.2) is 14.4 Å². The highest BCUT2D eigenvalue weighted by atomic mass is 16.5. The lowest BCUT2D eigenvalue weighted by Crippen LogP contribution is -2.10. The van der Waals surface area contributed by atoms with Crippen LogP contribution in [-0.2, 0) is 28.6 Å². The van der Waals surface area contributed by atoms with Crippen LogP contribution in [0.2, 0.25) is 0 Å². The Kier molecular flexibility index (Phi) is 12.6. The van der Waals surface area contributed by atoms with E-state index in [1.54, 1.807) is 57.2 Å². The van der Waals surface area contributed by atoms with E-state index >= 15 is 0 Å². The van der Waals surface area contributed by atoms with E-state index in [0.29, 0.717) is 16.7 Å². The average Bonchev–Trinajstić information content (AvgIpc) is 3.07. The predicted molar refractivity (Wildman–Crippen MR) is 172 cm³/mol. The zero-order chi connectivity index (χ0) is 33.5. The fourth-order valence-electron chi connectivity index (χ4n) is 4.14. The SMILES string of the molecule is CCOC(=O)/C(C#N)=C/c1ccc(N(c2ccc(/C=C(\C#N)C(=O)OCC)cc2)c2ccc(/C=C(\C#N)C(=O)OCC)cc2)cc1. The molecule has 0 bridgehead atoms. The summed E-state index contributed by atoms with van der Waals surface area (Å²) in [5.41, 5.74) is 3.64. The second-order valence-corrected chi connectivity index (χ2v) is 9.28. The Balaban J connectivity index is 2.06. The van der Waals surface area contributed by atoms with Gasteiger partial charge in [0.25, 0.3) is 0 Å². The molecule has 3 rings (SSSR count). The zero-order valence-corrected chi connectivity index (χ0v) is 25.5. The molecule has 3 aromatic rings. The third-order valence-corrected chi connectivity index (χ3v) is 6.23. The summed E-state index contributed by atoms with van der Waals surface area (Å²) in [6.07, 6.45) is 4.34. The lowest BCUT2D eigenvalue weighted by atomic mass is 10.1. The monoisotopic (exact) mass is 614 g/mol. The summed E-state index contributed by atoms with van der Waals surface area (Å²) >= 11 is 0. The van der Waals surface area contributed by atoms with Gasteiger partial charge in [0.05, 0.1) is 19.8 Å². The molecule has 3 aromatic carbocycles. The third-order valence-electron chi connectivity index (χ3n) is 6.23. The van der Waals surface area contributed by atoms with E-state index in [9.17, 15) is 30.2 Å². The fraction of sp³-hybridized carbons (Fsp3) is 0.167. The maximum Gasteiger partial charge on any atom is 0.348 e. The summed E-state index contributed by atoms with van der Waals surface area (Å²) < 4.78 is 14.8. The van der Waals surface area contributed by atoms with E-state index in [0.717, 1.165) is 17.1 Å². The van der Waals surface area contributed by atoms with Crippen LogP contribution in [-0.4, -0.2) is 37.7 Å². The molecule has 0 fully saturated rings. The highest BCUT2D eigenvalue weighted by Gasteiger charge is 2.16. The van der Waals surface area contributed by atoms with Gasteiger partial charge in [-0.1, -0.05) is 36.4 Å². The van der Waals surface area contributed by atoms with E-state index in [1.807, 2.05) is 59.5 Å². The molecular formula is C36H30N4O6. The van der Waals surface area contributed by atoms with Crippen molar-refractivity contribution in [1.82, 2.24) is 0 Å². The van der Waals surface area contributed by atoms with Crippen LogP contribution in [0.4, 0.5) is 17.1 Å². The first-order valence-electron chi connectivity index (χ1n) is 14.2. The number of nitrogens with zero attached hydrogens (tertiary/aromatic N) is 4. The van der Waals surface area contributed by atoms with Crippen LogP contribution in [0.15, 0.2) is 89.5 Å². The first kappa shape index (κ1) is 34.1. The Hall–Kier alpha value is -6.44. The van der Waals surface area contributed by atoms with E-state index < -0.39 is 17.9 Å². The van der Waals surface area contributed by atoms with Gasteiger partial charge >= 0.3 is 17.9 Å². The van der Waals surface area contributed by atoms with Crippen molar-refractivity contribution in [3.05, 3.63) is 106 Å². The number of benzene rings is 3. The van der Waals surface area contributed by atoms with Gasteiger partial charge in [-0.05, 0) is 92.1 Å². The second kappa shape index (κ2) is 17.0. The molecule has 0 unspecified atom stereocenters. The third kappa shape index (κ3) is 9.03. The standard InChI is InChI=1S/C36H30N4O6/c1-4-44-34(41)28(22-37)19-25-7-13-31(14-8-25)40(32-15-9-26(10-16-32)20-29(23-38)35(42)45-5-2)33-17-11-27(12-18-33)21-30(24-39)36(43)46-6-3/h7-21H,4-6H2,1-3H3/b28-19+,29-20+,30-21+. The smallest absolute Gasteiger partial charge is 0.348 e. The van der Waals surface area contributed by atoms with Crippen molar-refractivity contribution in [1.29, 1.82) is 15.8 Å². The molecule has 0 aliphatic rings. The van der Waals surface area contributed by atoms with Crippen molar-refractivity contribution in [2.45, 2.75) is 20.8 Å². The number of ether oxygens (including phenoxy) is 3. The number of hydrogen-bond donors (Lipinski definition) is 0. The largest absolute Gasteiger partial charge is 0.462 e. The molecule has 0 N–H and O–H groups in total. The van der Waals surface area contributed by atoms with Crippen LogP contribution in [0.3, 0.4) is 0 Å². The maximum absolute atomic E-state index is 12.1. The highest BCUT2D eigenvalue weighted by Crippen LogP contribution is 2.35. The lowest BCUT2D eigenvalue weighted by Gasteiger charge is -2.26. The van der Waals surface area contributed by atoms with Crippen molar-refractivity contribution in [3.63, 3.8) is 0 Å². The Bertz CT molecular complexity index is 1570. The Labute approximate surface area is 267 Å². The molecule has 0 radical (unpaired) electrons. The molecule has 230 valence electrons. The lowest BCUT2D eigenvalue weighted by molar-refractivity contribution is -0.138. The van der Waals surface area contributed by atoms with E-state index in [2.05, 4.69) is 0 Å². The number of rotatable bonds is 12. The first-order valence-corrected chi connectivity index (χ1v) is 14.2. The minimum atomic E-state index is -0.705. The van der Waals surface area contributed by atoms with Gasteiger partial charge in [-0.15, -0.1) is 0 Å². The molecule has 46 heavy (non-hydrogen) atoms. The highest BCUT2D eigenvalue weighted by molar-refractivity contribution is 5.99. The number of nitriles is 3. The second-order valence-electron chi connectivity index (χ2n) is 9.28. The maximum atomic E-state index is 12.1. The van der Waals surface area contributed by atoms with Gasteiger partial charge in [-0.3, -0.25) is 0 Å². The Morgan fingerprint density at radius 1 is 0.522 bits per heavy atom. The molecule has 0 aliphatic carbocycles. The van der Waals surface area contributed by atoms with Crippen LogP contribution in [0.1, 0.15) is 37.5 Å². The fourth-order valence-corrected chi connectivity index (χ4v) is 4.14. The molecule has 0 saturated carbocycles. The van der Waals surface area contributed by atoms with Crippen LogP contribution < -0.4 is 4.90 Å². The number of anilines is 3. The number of carbonyl (C=O) groups is 3. The summed E-state index contributed by atoms with van der Waals surface area (Å²) in [6.45, 7) is 5.43. The number of hydrogen-bond acceptors (Lipinski definition) is 10. The summed E-state index contributed by atoms with van der Waals surface area (Å²) in [6, 6.07) is 27.0. The van der Waals surface area contributed by atoms with Gasteiger partial charge in [0, 0.05) is 17.1 Å². The molecule has 0 saturated heterocycles. The predicted octanol–water partition coefficient (Wildman–Crippen LogP) is 6.57. The minimum Gasteiger partial charge on any atom is -0.462 e. The van der Waals surface area contributed by atoms with E-state index in [1.165, 1.54) is 18.2 Å². The number of carbonyl (C=O) groups excluding carboxylic acids is 3. The molecule has 0 aromatic heterocycles. The molecule has 10 heteroatoms. The van der Waals surface area contributed by atoms with Crippen molar-refractivity contribution < 1.29 is 28.6 Å². The van der Waals surface area contributed by atoms with Crippen molar-refractivity contribution in [2.24, 2.45) is 0 Å². The molecule has 0 heterocycles. The van der Waals surface area contributed by atoms with Gasteiger partial charge in [0.2, 0.25) is 0 Å². The van der Waals surface area contributed by atoms with Gasteiger partial charge in [-0.2, -0.15) is 15.8 Å². The van der Waals surface area contributed by atoms with Crippen LogP contribution in [0.5, 0.6) is 0 Å². The molecule has 0 spiro atoms. The van der Waals surface area contributed by atoms with Crippen molar-refractivity contribution >= 4 is 53.2 Å². The van der Waals surface area contributed by atoms with Gasteiger partial charge in [0.15, 0.2) is 0 Å². The van der Waals surface area contributed by atoms with Gasteiger partial charge in [0.1, 0.15) is 34.9 Å². The molecule has 0 aliphatic heterocycles. The average molecular weight is 615 g/mol. The van der Waals surface area contributed by atoms with Crippen LogP contribution >= 0.6 is 0 Å². The summed E-state index contributed by atoms with van der Waals surface area (Å²) in [5, 5.41) is 28.2. The summed E-state index contributed by atoms with van der Waals surface area (Å²) in [5.74, 6) is -2.11. The topological polar surface area (TPSA) is 154 Å². The molecule has 10 nitrogen and oxygen atoms in total. The Morgan fingerprint density at radius 3 is 0.957 bits per heavy atom. The summed E-state index contributed by atoms with van der Waals surface area (Å²) in [4.78, 5) is 38.2. The molecule has 0 amide bonds. The minimum absolute atomic E-state index is 0.127. The molecular weight excluding hydrogens is 584 g/mol. The number of esters is 3. The van der Waals surface area contributed by atoms with Crippen LogP contribution in [0, 0.1) is 34.0 Å². The molecule has 0 atom stereocenters. The quantitative estimate of drug-likeness (QED) is 0.0947. The Morgan fingerprint density at radius 2 is 0.761 bits per heavy atom. The zero-order valence-electron chi connectivity index (χ0n) is 25.5. The summed E-state index contributed by atoms with van der Waals surface area (Å²) in [7, 11) is 0. The van der Waals surface area contributed by atoms with Crippen LogP contribution in [0.25, 0.3) is 18.2 Å². The van der Waals surface area contributed by atoms with Crippen molar-refractivity contribution in [3.8, 4) is 18.2 Å². The normalized spacial score (nSPS) is 11.3. The van der Waals surface area contributed by atoms with E-state index in [4.69, 9.17) is 14.2 Å². The van der Waals surface area contributed by atoms with E-state index in [-0.39, 0.29) is 36.5 Å². The van der Waals surface area contributed by atoms with Gasteiger partial charge < -0.3 is 19.1 Å². The van der Waals surface area contributed by atoms with Crippen molar-refractivity contribution in [2.75, 3.05) is 24.7 Å².